The van der Waals surface area contributed by atoms with E-state index >= 15 is 0 Å². The molecule has 6 heteroatoms. The van der Waals surface area contributed by atoms with Gasteiger partial charge in [-0.3, -0.25) is 14.4 Å². The second-order valence-electron chi connectivity index (χ2n) is 22.4. The third-order valence-corrected chi connectivity index (χ3v) is 14.9. The average Bonchev–Trinajstić information content (AvgIpc) is 3.39. The molecule has 0 rings (SSSR count). The smallest absolute Gasteiger partial charge is 0.306 e. The van der Waals surface area contributed by atoms with Gasteiger partial charge in [0.05, 0.1) is 0 Å². The molecule has 0 aliphatic heterocycles. The first-order valence-corrected chi connectivity index (χ1v) is 32.8. The molecule has 6 nitrogen and oxygen atoms in total. The zero-order chi connectivity index (χ0) is 52.9. The van der Waals surface area contributed by atoms with E-state index in [1.165, 1.54) is 263 Å². The molecule has 0 saturated heterocycles. The SMILES string of the molecule is CCCCCCCC/C=C\CCCCCCCCCCCC(=O)OC[C@H](COC(=O)CCCCCCC/C=C\CCCCCCCC)OC(=O)CCCCCCCCCCCCCCCCCCCCCCC. The van der Waals surface area contributed by atoms with Crippen molar-refractivity contribution >= 4 is 17.9 Å². The van der Waals surface area contributed by atoms with Crippen LogP contribution >= 0.6 is 0 Å². The first-order valence-electron chi connectivity index (χ1n) is 32.8. The summed E-state index contributed by atoms with van der Waals surface area (Å²) in [6, 6.07) is 0. The summed E-state index contributed by atoms with van der Waals surface area (Å²) in [4.78, 5) is 38.3. The van der Waals surface area contributed by atoms with Gasteiger partial charge in [-0.25, -0.2) is 0 Å². The Morgan fingerprint density at radius 3 is 0.685 bits per heavy atom. The largest absolute Gasteiger partial charge is 0.462 e. The minimum Gasteiger partial charge on any atom is -0.462 e. The van der Waals surface area contributed by atoms with Crippen molar-refractivity contribution in [3.63, 3.8) is 0 Å². The maximum absolute atomic E-state index is 12.9. The summed E-state index contributed by atoms with van der Waals surface area (Å²) in [5.41, 5.74) is 0. The zero-order valence-electron chi connectivity index (χ0n) is 49.4. The van der Waals surface area contributed by atoms with Crippen LogP contribution < -0.4 is 0 Å². The van der Waals surface area contributed by atoms with Gasteiger partial charge in [-0.2, -0.15) is 0 Å². The van der Waals surface area contributed by atoms with Gasteiger partial charge in [0.2, 0.25) is 0 Å². The lowest BCUT2D eigenvalue weighted by Gasteiger charge is -2.18. The van der Waals surface area contributed by atoms with E-state index in [1.54, 1.807) is 0 Å². The number of carbonyl (C=O) groups excluding carboxylic acids is 3. The molecule has 0 bridgehead atoms. The van der Waals surface area contributed by atoms with Crippen LogP contribution in [-0.2, 0) is 28.6 Å². The van der Waals surface area contributed by atoms with Gasteiger partial charge in [-0.1, -0.05) is 302 Å². The van der Waals surface area contributed by atoms with Gasteiger partial charge in [0.15, 0.2) is 6.10 Å². The molecule has 0 aromatic rings. The van der Waals surface area contributed by atoms with Gasteiger partial charge in [-0.05, 0) is 70.6 Å². The van der Waals surface area contributed by atoms with Crippen LogP contribution in [0.2, 0.25) is 0 Å². The highest BCUT2D eigenvalue weighted by atomic mass is 16.6. The molecule has 0 unspecified atom stereocenters. The summed E-state index contributed by atoms with van der Waals surface area (Å²) in [5, 5.41) is 0. The molecule has 0 saturated carbocycles. The third-order valence-electron chi connectivity index (χ3n) is 14.9. The Balaban J connectivity index is 4.30. The van der Waals surface area contributed by atoms with Gasteiger partial charge in [-0.15, -0.1) is 0 Å². The molecular weight excluding hydrogens is 901 g/mol. The number of carbonyl (C=O) groups is 3. The van der Waals surface area contributed by atoms with Crippen molar-refractivity contribution in [2.24, 2.45) is 0 Å². The van der Waals surface area contributed by atoms with Gasteiger partial charge in [0, 0.05) is 19.3 Å². The fourth-order valence-corrected chi connectivity index (χ4v) is 9.97. The van der Waals surface area contributed by atoms with Crippen molar-refractivity contribution in [1.82, 2.24) is 0 Å². The predicted molar refractivity (Wildman–Crippen MR) is 316 cm³/mol. The van der Waals surface area contributed by atoms with E-state index in [9.17, 15) is 14.4 Å². The van der Waals surface area contributed by atoms with Crippen molar-refractivity contribution in [2.75, 3.05) is 13.2 Å². The lowest BCUT2D eigenvalue weighted by atomic mass is 10.0. The normalized spacial score (nSPS) is 12.1. The first kappa shape index (κ1) is 70.9. The van der Waals surface area contributed by atoms with Crippen molar-refractivity contribution < 1.29 is 28.6 Å². The van der Waals surface area contributed by atoms with Crippen molar-refractivity contribution in [2.45, 2.75) is 374 Å². The number of hydrogen-bond acceptors (Lipinski definition) is 6. The third kappa shape index (κ3) is 60.6. The zero-order valence-corrected chi connectivity index (χ0v) is 49.4. The minimum atomic E-state index is -0.773. The maximum atomic E-state index is 12.9. The van der Waals surface area contributed by atoms with Crippen LogP contribution in [0.4, 0.5) is 0 Å². The van der Waals surface area contributed by atoms with Crippen LogP contribution in [0.25, 0.3) is 0 Å². The fourth-order valence-electron chi connectivity index (χ4n) is 9.97. The van der Waals surface area contributed by atoms with Gasteiger partial charge >= 0.3 is 17.9 Å². The highest BCUT2D eigenvalue weighted by molar-refractivity contribution is 5.71. The highest BCUT2D eigenvalue weighted by Crippen LogP contribution is 2.18. The Labute approximate surface area is 455 Å². The predicted octanol–water partition coefficient (Wildman–Crippen LogP) is 22.2. The van der Waals surface area contributed by atoms with Crippen LogP contribution in [0.15, 0.2) is 24.3 Å². The molecule has 0 amide bonds. The standard InChI is InChI=1S/C67H126O6/c1-4-7-10-13-16-19-22-25-28-30-32-33-35-37-40-43-46-49-52-55-58-61-67(70)73-64(62-71-65(68)59-56-53-50-47-44-41-38-27-24-21-18-15-12-9-6-3)63-72-66(69)60-57-54-51-48-45-42-39-36-34-31-29-26-23-20-17-14-11-8-5-2/h26-27,29,38,64H,4-25,28,30-37,39-63H2,1-3H3/b29-26-,38-27-/t64-/m0/s1. The highest BCUT2D eigenvalue weighted by Gasteiger charge is 2.19. The average molecular weight is 1030 g/mol. The summed E-state index contributed by atoms with van der Waals surface area (Å²) in [5.74, 6) is -0.852. The summed E-state index contributed by atoms with van der Waals surface area (Å²) < 4.78 is 17.0. The number of allylic oxidation sites excluding steroid dienone is 4. The number of ether oxygens (including phenoxy) is 3. The second kappa shape index (κ2) is 62.4. The molecule has 0 N–H and O–H groups in total. The molecule has 0 spiro atoms. The second-order valence-corrected chi connectivity index (χ2v) is 22.4. The molecule has 0 aromatic heterocycles. The molecule has 0 radical (unpaired) electrons. The van der Waals surface area contributed by atoms with Crippen LogP contribution in [0.3, 0.4) is 0 Å². The number of rotatable bonds is 61. The van der Waals surface area contributed by atoms with E-state index in [0.717, 1.165) is 64.2 Å². The van der Waals surface area contributed by atoms with E-state index in [0.29, 0.717) is 19.3 Å². The molecule has 1 atom stereocenters. The number of esters is 3. The molecule has 0 aliphatic rings. The van der Waals surface area contributed by atoms with Crippen molar-refractivity contribution in [1.29, 1.82) is 0 Å². The van der Waals surface area contributed by atoms with Crippen LogP contribution in [0.5, 0.6) is 0 Å². The summed E-state index contributed by atoms with van der Waals surface area (Å²) in [6.45, 7) is 6.69. The Bertz CT molecular complexity index is 1180. The molecule has 0 fully saturated rings. The van der Waals surface area contributed by atoms with Crippen molar-refractivity contribution in [3.8, 4) is 0 Å². The summed E-state index contributed by atoms with van der Waals surface area (Å²) >= 11 is 0. The summed E-state index contributed by atoms with van der Waals surface area (Å²) in [6.07, 6.45) is 74.7. The summed E-state index contributed by atoms with van der Waals surface area (Å²) in [7, 11) is 0. The van der Waals surface area contributed by atoms with Gasteiger partial charge in [0.1, 0.15) is 13.2 Å². The topological polar surface area (TPSA) is 78.9 Å². The molecule has 73 heavy (non-hydrogen) atoms. The van der Waals surface area contributed by atoms with Crippen LogP contribution in [0.1, 0.15) is 367 Å². The Hall–Kier alpha value is -2.11. The van der Waals surface area contributed by atoms with Crippen LogP contribution in [0, 0.1) is 0 Å². The van der Waals surface area contributed by atoms with E-state index in [2.05, 4.69) is 45.1 Å². The monoisotopic (exact) mass is 1030 g/mol. The van der Waals surface area contributed by atoms with E-state index in [-0.39, 0.29) is 31.1 Å². The fraction of sp³-hybridized carbons (Fsp3) is 0.896. The van der Waals surface area contributed by atoms with E-state index in [4.69, 9.17) is 14.2 Å². The molecule has 0 aromatic carbocycles. The van der Waals surface area contributed by atoms with E-state index in [1.807, 2.05) is 0 Å². The molecule has 0 aliphatic carbocycles. The quantitative estimate of drug-likeness (QED) is 0.0261. The molecule has 0 heterocycles. The Morgan fingerprint density at radius 2 is 0.452 bits per heavy atom. The van der Waals surface area contributed by atoms with Crippen LogP contribution in [-0.4, -0.2) is 37.2 Å². The molecular formula is C67H126O6. The Morgan fingerprint density at radius 1 is 0.260 bits per heavy atom. The number of hydrogen-bond donors (Lipinski definition) is 0. The lowest BCUT2D eigenvalue weighted by Crippen LogP contribution is -2.30. The lowest BCUT2D eigenvalue weighted by molar-refractivity contribution is -0.167. The van der Waals surface area contributed by atoms with Gasteiger partial charge < -0.3 is 14.2 Å². The van der Waals surface area contributed by atoms with E-state index < -0.39 is 6.10 Å². The molecule has 430 valence electrons. The minimum absolute atomic E-state index is 0.0700. The maximum Gasteiger partial charge on any atom is 0.306 e. The number of unbranched alkanes of at least 4 members (excludes halogenated alkanes) is 46. The van der Waals surface area contributed by atoms with Gasteiger partial charge in [0.25, 0.3) is 0 Å². The first-order chi connectivity index (χ1) is 36.0. The van der Waals surface area contributed by atoms with Crippen molar-refractivity contribution in [3.05, 3.63) is 24.3 Å². The Kier molecular flexibility index (Phi) is 60.6.